The standard InChI is InChI=1S/C10H18N2O3/c1-7(2)15-9(14)12-5-4-10(3,6-12)8(11)13/h7H,4-6H2,1-3H3,(H2,11,13). The summed E-state index contributed by atoms with van der Waals surface area (Å²) in [6.45, 7) is 6.25. The van der Waals surface area contributed by atoms with E-state index >= 15 is 0 Å². The number of carbonyl (C=O) groups excluding carboxylic acids is 2. The number of nitrogens with two attached hydrogens (primary N) is 1. The van der Waals surface area contributed by atoms with Gasteiger partial charge in [-0.1, -0.05) is 0 Å². The third kappa shape index (κ3) is 2.61. The molecule has 0 aromatic carbocycles. The van der Waals surface area contributed by atoms with Gasteiger partial charge in [0.1, 0.15) is 0 Å². The summed E-state index contributed by atoms with van der Waals surface area (Å²) in [4.78, 5) is 24.2. The summed E-state index contributed by atoms with van der Waals surface area (Å²) in [6.07, 6.45) is 0.100. The lowest BCUT2D eigenvalue weighted by atomic mass is 9.89. The van der Waals surface area contributed by atoms with Gasteiger partial charge in [-0.25, -0.2) is 4.79 Å². The first-order valence-corrected chi connectivity index (χ1v) is 5.10. The van der Waals surface area contributed by atoms with Gasteiger partial charge in [0.15, 0.2) is 0 Å². The average molecular weight is 214 g/mol. The van der Waals surface area contributed by atoms with Crippen LogP contribution in [0.1, 0.15) is 27.2 Å². The highest BCUT2D eigenvalue weighted by atomic mass is 16.6. The molecule has 0 saturated carbocycles. The highest BCUT2D eigenvalue weighted by Crippen LogP contribution is 2.29. The number of ether oxygens (including phenoxy) is 1. The minimum absolute atomic E-state index is 0.141. The zero-order valence-electron chi connectivity index (χ0n) is 9.45. The molecule has 0 aliphatic carbocycles. The Morgan fingerprint density at radius 3 is 2.47 bits per heavy atom. The summed E-state index contributed by atoms with van der Waals surface area (Å²) in [6, 6.07) is 0. The predicted octanol–water partition coefficient (Wildman–Crippen LogP) is 0.729. The summed E-state index contributed by atoms with van der Waals surface area (Å²) in [5.74, 6) is -0.359. The zero-order chi connectivity index (χ0) is 11.6. The zero-order valence-corrected chi connectivity index (χ0v) is 9.45. The predicted molar refractivity (Wildman–Crippen MR) is 55.1 cm³/mol. The van der Waals surface area contributed by atoms with E-state index in [-0.39, 0.29) is 18.1 Å². The van der Waals surface area contributed by atoms with Gasteiger partial charge in [-0.15, -0.1) is 0 Å². The van der Waals surface area contributed by atoms with Crippen molar-refractivity contribution in [1.82, 2.24) is 4.90 Å². The molecule has 5 nitrogen and oxygen atoms in total. The number of hydrogen-bond acceptors (Lipinski definition) is 3. The number of rotatable bonds is 2. The van der Waals surface area contributed by atoms with E-state index in [2.05, 4.69) is 0 Å². The lowest BCUT2D eigenvalue weighted by Crippen LogP contribution is -2.39. The van der Waals surface area contributed by atoms with Crippen molar-refractivity contribution in [2.24, 2.45) is 11.1 Å². The smallest absolute Gasteiger partial charge is 0.410 e. The first-order valence-electron chi connectivity index (χ1n) is 5.10. The molecule has 2 N–H and O–H groups in total. The van der Waals surface area contributed by atoms with Crippen LogP contribution < -0.4 is 5.73 Å². The molecule has 2 amide bonds. The Kier molecular flexibility index (Phi) is 3.21. The van der Waals surface area contributed by atoms with Gasteiger partial charge in [-0.05, 0) is 27.2 Å². The normalized spacial score (nSPS) is 25.7. The summed E-state index contributed by atoms with van der Waals surface area (Å²) >= 11 is 0. The summed E-state index contributed by atoms with van der Waals surface area (Å²) in [7, 11) is 0. The van der Waals surface area contributed by atoms with Crippen molar-refractivity contribution in [3.05, 3.63) is 0 Å². The van der Waals surface area contributed by atoms with Gasteiger partial charge in [0.05, 0.1) is 11.5 Å². The van der Waals surface area contributed by atoms with Crippen molar-refractivity contribution in [1.29, 1.82) is 0 Å². The van der Waals surface area contributed by atoms with E-state index in [4.69, 9.17) is 10.5 Å². The SMILES string of the molecule is CC(C)OC(=O)N1CCC(C)(C(N)=O)C1. The van der Waals surface area contributed by atoms with Crippen molar-refractivity contribution >= 4 is 12.0 Å². The Bertz CT molecular complexity index is 278. The first-order chi connectivity index (χ1) is 6.85. The molecule has 1 heterocycles. The molecule has 0 bridgehead atoms. The van der Waals surface area contributed by atoms with Gasteiger partial charge in [0.2, 0.25) is 5.91 Å². The summed E-state index contributed by atoms with van der Waals surface area (Å²) in [5, 5.41) is 0. The molecule has 0 aromatic rings. The van der Waals surface area contributed by atoms with E-state index < -0.39 is 5.41 Å². The maximum Gasteiger partial charge on any atom is 0.410 e. The molecule has 1 rings (SSSR count). The molecule has 1 unspecified atom stereocenters. The van der Waals surface area contributed by atoms with E-state index in [0.29, 0.717) is 19.5 Å². The van der Waals surface area contributed by atoms with Crippen LogP contribution in [0.5, 0.6) is 0 Å². The molecule has 0 radical (unpaired) electrons. The van der Waals surface area contributed by atoms with E-state index in [1.807, 2.05) is 0 Å². The molecule has 0 aromatic heterocycles. The molecule has 1 atom stereocenters. The minimum atomic E-state index is -0.601. The second kappa shape index (κ2) is 4.08. The highest BCUT2D eigenvalue weighted by molar-refractivity contribution is 5.82. The van der Waals surface area contributed by atoms with E-state index in [1.54, 1.807) is 20.8 Å². The largest absolute Gasteiger partial charge is 0.447 e. The Morgan fingerprint density at radius 2 is 2.07 bits per heavy atom. The fourth-order valence-electron chi connectivity index (χ4n) is 1.59. The maximum absolute atomic E-state index is 11.5. The highest BCUT2D eigenvalue weighted by Gasteiger charge is 2.41. The van der Waals surface area contributed by atoms with Crippen LogP contribution in [-0.4, -0.2) is 36.1 Å². The molecular weight excluding hydrogens is 196 g/mol. The Balaban J connectivity index is 2.56. The van der Waals surface area contributed by atoms with Crippen LogP contribution in [0.25, 0.3) is 0 Å². The van der Waals surface area contributed by atoms with Crippen LogP contribution >= 0.6 is 0 Å². The quantitative estimate of drug-likeness (QED) is 0.736. The third-order valence-corrected chi connectivity index (χ3v) is 2.66. The van der Waals surface area contributed by atoms with Crippen molar-refractivity contribution < 1.29 is 14.3 Å². The minimum Gasteiger partial charge on any atom is -0.447 e. The van der Waals surface area contributed by atoms with Crippen molar-refractivity contribution in [3.8, 4) is 0 Å². The monoisotopic (exact) mass is 214 g/mol. The molecule has 0 spiro atoms. The molecule has 86 valence electrons. The van der Waals surface area contributed by atoms with Crippen LogP contribution in [-0.2, 0) is 9.53 Å². The first kappa shape index (κ1) is 11.8. The van der Waals surface area contributed by atoms with Crippen LogP contribution in [0, 0.1) is 5.41 Å². The molecule has 1 fully saturated rings. The lowest BCUT2D eigenvalue weighted by Gasteiger charge is -2.21. The molecular formula is C10H18N2O3. The molecule has 15 heavy (non-hydrogen) atoms. The summed E-state index contributed by atoms with van der Waals surface area (Å²) in [5.41, 5.74) is 4.68. The molecule has 1 saturated heterocycles. The second-order valence-electron chi connectivity index (χ2n) is 4.53. The molecule has 1 aliphatic heterocycles. The second-order valence-corrected chi connectivity index (χ2v) is 4.53. The molecule has 1 aliphatic rings. The lowest BCUT2D eigenvalue weighted by molar-refractivity contribution is -0.126. The number of carbonyl (C=O) groups is 2. The van der Waals surface area contributed by atoms with Gasteiger partial charge in [-0.2, -0.15) is 0 Å². The Labute approximate surface area is 89.6 Å². The number of amides is 2. The van der Waals surface area contributed by atoms with Crippen molar-refractivity contribution in [2.45, 2.75) is 33.3 Å². The van der Waals surface area contributed by atoms with E-state index in [9.17, 15) is 9.59 Å². The number of nitrogens with zero attached hydrogens (tertiary/aromatic N) is 1. The summed E-state index contributed by atoms with van der Waals surface area (Å²) < 4.78 is 5.04. The number of primary amides is 1. The Hall–Kier alpha value is -1.26. The maximum atomic E-state index is 11.5. The van der Waals surface area contributed by atoms with Crippen LogP contribution in [0.4, 0.5) is 4.79 Å². The van der Waals surface area contributed by atoms with E-state index in [1.165, 1.54) is 4.90 Å². The fourth-order valence-corrected chi connectivity index (χ4v) is 1.59. The third-order valence-electron chi connectivity index (χ3n) is 2.66. The van der Waals surface area contributed by atoms with Crippen LogP contribution in [0.3, 0.4) is 0 Å². The van der Waals surface area contributed by atoms with Crippen molar-refractivity contribution in [2.75, 3.05) is 13.1 Å². The average Bonchev–Trinajstić information content (AvgIpc) is 2.48. The van der Waals surface area contributed by atoms with Gasteiger partial charge >= 0.3 is 6.09 Å². The number of hydrogen-bond donors (Lipinski definition) is 1. The fraction of sp³-hybridized carbons (Fsp3) is 0.800. The van der Waals surface area contributed by atoms with Crippen molar-refractivity contribution in [3.63, 3.8) is 0 Å². The topological polar surface area (TPSA) is 72.6 Å². The molecule has 5 heteroatoms. The van der Waals surface area contributed by atoms with Crippen LogP contribution in [0.15, 0.2) is 0 Å². The van der Waals surface area contributed by atoms with Gasteiger partial charge in [0.25, 0.3) is 0 Å². The van der Waals surface area contributed by atoms with E-state index in [0.717, 1.165) is 0 Å². The van der Waals surface area contributed by atoms with Gasteiger partial charge < -0.3 is 15.4 Å². The van der Waals surface area contributed by atoms with Gasteiger partial charge in [0, 0.05) is 13.1 Å². The Morgan fingerprint density at radius 1 is 1.47 bits per heavy atom. The van der Waals surface area contributed by atoms with Crippen LogP contribution in [0.2, 0.25) is 0 Å². The van der Waals surface area contributed by atoms with Gasteiger partial charge in [-0.3, -0.25) is 4.79 Å². The number of likely N-dealkylation sites (tertiary alicyclic amines) is 1.